The zero-order valence-corrected chi connectivity index (χ0v) is 13.9. The quantitative estimate of drug-likeness (QED) is 0.418. The zero-order chi connectivity index (χ0) is 15.4. The molecule has 4 rings (SSSR count). The van der Waals surface area contributed by atoms with Crippen molar-refractivity contribution in [3.8, 4) is 0 Å². The summed E-state index contributed by atoms with van der Waals surface area (Å²) in [7, 11) is 0. The SMILES string of the molecule is O=c1[nH]c2c(Cl)ccc(Cl)c2c2c1Sc1cc(Cl)ccc1N2. The Hall–Kier alpha value is -1.33. The molecule has 0 saturated heterocycles. The van der Waals surface area contributed by atoms with Gasteiger partial charge in [-0.3, -0.25) is 4.79 Å². The fourth-order valence-corrected chi connectivity index (χ4v) is 4.19. The highest BCUT2D eigenvalue weighted by atomic mass is 35.5. The number of nitrogens with one attached hydrogen (secondary N) is 2. The lowest BCUT2D eigenvalue weighted by molar-refractivity contribution is 1.18. The maximum atomic E-state index is 12.4. The van der Waals surface area contributed by atoms with E-state index in [1.165, 1.54) is 11.8 Å². The normalized spacial score (nSPS) is 12.7. The number of halogens is 3. The molecule has 2 N–H and O–H groups in total. The minimum Gasteiger partial charge on any atom is -0.353 e. The van der Waals surface area contributed by atoms with Crippen LogP contribution in [-0.2, 0) is 0 Å². The lowest BCUT2D eigenvalue weighted by Crippen LogP contribution is -2.14. The average molecular weight is 370 g/mol. The molecule has 0 saturated carbocycles. The molecule has 22 heavy (non-hydrogen) atoms. The van der Waals surface area contributed by atoms with Crippen molar-refractivity contribution in [2.75, 3.05) is 5.32 Å². The molecule has 1 aliphatic heterocycles. The van der Waals surface area contributed by atoms with E-state index in [1.807, 2.05) is 12.1 Å². The molecule has 2 aromatic carbocycles. The molecule has 1 aromatic heterocycles. The molecule has 110 valence electrons. The van der Waals surface area contributed by atoms with Crippen molar-refractivity contribution in [3.05, 3.63) is 55.8 Å². The molecule has 0 spiro atoms. The second-order valence-electron chi connectivity index (χ2n) is 4.81. The van der Waals surface area contributed by atoms with Gasteiger partial charge in [0, 0.05) is 15.3 Å². The van der Waals surface area contributed by atoms with Crippen molar-refractivity contribution in [3.63, 3.8) is 0 Å². The lowest BCUT2D eigenvalue weighted by atomic mass is 10.1. The van der Waals surface area contributed by atoms with E-state index in [0.717, 1.165) is 10.6 Å². The fourth-order valence-electron chi connectivity index (χ4n) is 2.46. The highest BCUT2D eigenvalue weighted by Gasteiger charge is 2.23. The van der Waals surface area contributed by atoms with Crippen LogP contribution in [0.15, 0.2) is 44.9 Å². The maximum Gasteiger partial charge on any atom is 0.264 e. The van der Waals surface area contributed by atoms with E-state index in [2.05, 4.69) is 10.3 Å². The number of hydrogen-bond donors (Lipinski definition) is 2. The Kier molecular flexibility index (Phi) is 3.31. The molecule has 1 aliphatic rings. The minimum atomic E-state index is -0.213. The predicted molar refractivity (Wildman–Crippen MR) is 93.4 cm³/mol. The fraction of sp³-hybridized carbons (Fsp3) is 0. The first-order valence-electron chi connectivity index (χ1n) is 6.33. The van der Waals surface area contributed by atoms with Crippen molar-refractivity contribution >= 4 is 68.8 Å². The zero-order valence-electron chi connectivity index (χ0n) is 10.8. The van der Waals surface area contributed by atoms with Gasteiger partial charge in [-0.25, -0.2) is 0 Å². The van der Waals surface area contributed by atoms with Crippen LogP contribution in [0.4, 0.5) is 11.4 Å². The Morgan fingerprint density at radius 3 is 2.59 bits per heavy atom. The van der Waals surface area contributed by atoms with E-state index in [-0.39, 0.29) is 5.56 Å². The van der Waals surface area contributed by atoms with Crippen LogP contribution in [0.5, 0.6) is 0 Å². The Morgan fingerprint density at radius 1 is 1.00 bits per heavy atom. The molecule has 2 heterocycles. The van der Waals surface area contributed by atoms with Gasteiger partial charge in [0.05, 0.1) is 26.9 Å². The molecule has 0 radical (unpaired) electrons. The Labute approximate surface area is 144 Å². The highest BCUT2D eigenvalue weighted by molar-refractivity contribution is 7.99. The Bertz CT molecular complexity index is 1000. The third kappa shape index (κ3) is 2.10. The van der Waals surface area contributed by atoms with E-state index in [4.69, 9.17) is 34.8 Å². The molecule has 7 heteroatoms. The lowest BCUT2D eigenvalue weighted by Gasteiger charge is -2.22. The molecule has 0 bridgehead atoms. The third-order valence-corrected chi connectivity index (χ3v) is 5.46. The molecule has 0 unspecified atom stereocenters. The van der Waals surface area contributed by atoms with Gasteiger partial charge in [0.2, 0.25) is 0 Å². The van der Waals surface area contributed by atoms with Crippen LogP contribution in [0.3, 0.4) is 0 Å². The van der Waals surface area contributed by atoms with Gasteiger partial charge in [-0.1, -0.05) is 46.6 Å². The van der Waals surface area contributed by atoms with Gasteiger partial charge >= 0.3 is 0 Å². The molecule has 0 amide bonds. The van der Waals surface area contributed by atoms with Gasteiger partial charge < -0.3 is 10.3 Å². The summed E-state index contributed by atoms with van der Waals surface area (Å²) in [5.74, 6) is 0. The number of fused-ring (bicyclic) bond motifs is 4. The summed E-state index contributed by atoms with van der Waals surface area (Å²) < 4.78 is 0. The van der Waals surface area contributed by atoms with Gasteiger partial charge in [-0.2, -0.15) is 0 Å². The number of hydrogen-bond acceptors (Lipinski definition) is 3. The molecule has 0 aliphatic carbocycles. The van der Waals surface area contributed by atoms with Crippen molar-refractivity contribution in [1.82, 2.24) is 4.98 Å². The Balaban J connectivity index is 2.07. The second-order valence-corrected chi connectivity index (χ2v) is 7.11. The Morgan fingerprint density at radius 2 is 1.77 bits per heavy atom. The topological polar surface area (TPSA) is 44.9 Å². The summed E-state index contributed by atoms with van der Waals surface area (Å²) in [5.41, 5.74) is 1.87. The molecule has 0 atom stereocenters. The van der Waals surface area contributed by atoms with E-state index in [0.29, 0.717) is 36.6 Å². The molecular weight excluding hydrogens is 363 g/mol. The van der Waals surface area contributed by atoms with E-state index in [9.17, 15) is 4.79 Å². The van der Waals surface area contributed by atoms with Gasteiger partial charge in [0.25, 0.3) is 5.56 Å². The number of benzene rings is 2. The summed E-state index contributed by atoms with van der Waals surface area (Å²) in [5, 5.41) is 5.58. The highest BCUT2D eigenvalue weighted by Crippen LogP contribution is 2.47. The van der Waals surface area contributed by atoms with E-state index >= 15 is 0 Å². The minimum absolute atomic E-state index is 0.213. The van der Waals surface area contributed by atoms with Crippen LogP contribution in [-0.4, -0.2) is 4.98 Å². The summed E-state index contributed by atoms with van der Waals surface area (Å²) in [6, 6.07) is 8.87. The van der Waals surface area contributed by atoms with Crippen molar-refractivity contribution in [1.29, 1.82) is 0 Å². The van der Waals surface area contributed by atoms with Gasteiger partial charge in [0.15, 0.2) is 0 Å². The van der Waals surface area contributed by atoms with Crippen LogP contribution in [0, 0.1) is 0 Å². The van der Waals surface area contributed by atoms with Crippen LogP contribution in [0.2, 0.25) is 15.1 Å². The van der Waals surface area contributed by atoms with Crippen LogP contribution in [0.25, 0.3) is 10.9 Å². The number of aromatic nitrogens is 1. The first kappa shape index (κ1) is 14.3. The van der Waals surface area contributed by atoms with E-state index in [1.54, 1.807) is 18.2 Å². The van der Waals surface area contributed by atoms with Gasteiger partial charge in [0.1, 0.15) is 4.90 Å². The van der Waals surface area contributed by atoms with Crippen molar-refractivity contribution in [2.24, 2.45) is 0 Å². The molecule has 0 fully saturated rings. The first-order chi connectivity index (χ1) is 10.5. The number of H-pyrrole nitrogens is 1. The van der Waals surface area contributed by atoms with Crippen LogP contribution < -0.4 is 10.9 Å². The maximum absolute atomic E-state index is 12.4. The van der Waals surface area contributed by atoms with Gasteiger partial charge in [-0.05, 0) is 30.3 Å². The summed E-state index contributed by atoms with van der Waals surface area (Å²) in [6.07, 6.45) is 0. The molecule has 3 nitrogen and oxygen atoms in total. The summed E-state index contributed by atoms with van der Waals surface area (Å²) >= 11 is 19.9. The van der Waals surface area contributed by atoms with Crippen molar-refractivity contribution < 1.29 is 0 Å². The molecular formula is C15H7Cl3N2OS. The molecule has 3 aromatic rings. The van der Waals surface area contributed by atoms with Gasteiger partial charge in [-0.15, -0.1) is 0 Å². The number of aromatic amines is 1. The predicted octanol–water partition coefficient (Wildman–Crippen LogP) is 5.70. The standard InChI is InChI=1S/C15H7Cl3N2OS/c16-6-1-4-9-10(5-6)22-14-13(19-9)11-7(17)2-3-8(18)12(11)20-15(14)21/h1-5,19H,(H,20,21). The first-order valence-corrected chi connectivity index (χ1v) is 8.28. The average Bonchev–Trinajstić information content (AvgIpc) is 2.49. The monoisotopic (exact) mass is 368 g/mol. The number of anilines is 2. The van der Waals surface area contributed by atoms with Crippen molar-refractivity contribution in [2.45, 2.75) is 9.79 Å². The third-order valence-electron chi connectivity index (χ3n) is 3.44. The smallest absolute Gasteiger partial charge is 0.264 e. The number of pyridine rings is 1. The summed E-state index contributed by atoms with van der Waals surface area (Å²) in [6.45, 7) is 0. The number of rotatable bonds is 0. The van der Waals surface area contributed by atoms with Crippen LogP contribution >= 0.6 is 46.6 Å². The largest absolute Gasteiger partial charge is 0.353 e. The second kappa shape index (κ2) is 5.10. The van der Waals surface area contributed by atoms with Crippen LogP contribution in [0.1, 0.15) is 0 Å². The summed E-state index contributed by atoms with van der Waals surface area (Å²) in [4.78, 5) is 16.6. The van der Waals surface area contributed by atoms with E-state index < -0.39 is 0 Å².